The van der Waals surface area contributed by atoms with Crippen molar-refractivity contribution in [1.82, 2.24) is 15.1 Å². The maximum absolute atomic E-state index is 12.2. The van der Waals surface area contributed by atoms with Gasteiger partial charge in [-0.3, -0.25) is 4.79 Å². The number of nitrogens with one attached hydrogen (secondary N) is 1. The van der Waals surface area contributed by atoms with Gasteiger partial charge in [-0.15, -0.1) is 0 Å². The first-order chi connectivity index (χ1) is 14.6. The SMILES string of the molecule is CCNC(=O)/C(C#N)=C/c1cn(-c2ccccc2)nc1-c1ccc(OCC)cc1C. The third-order valence-electron chi connectivity index (χ3n) is 4.53. The van der Waals surface area contributed by atoms with Crippen LogP contribution in [0.3, 0.4) is 0 Å². The lowest BCUT2D eigenvalue weighted by Crippen LogP contribution is -2.23. The van der Waals surface area contributed by atoms with Crippen molar-refractivity contribution in [1.29, 1.82) is 5.26 Å². The van der Waals surface area contributed by atoms with Gasteiger partial charge in [-0.05, 0) is 62.7 Å². The predicted molar refractivity (Wildman–Crippen MR) is 117 cm³/mol. The maximum atomic E-state index is 12.2. The van der Waals surface area contributed by atoms with Gasteiger partial charge in [-0.25, -0.2) is 4.68 Å². The summed E-state index contributed by atoms with van der Waals surface area (Å²) in [6, 6.07) is 17.5. The van der Waals surface area contributed by atoms with Gasteiger partial charge < -0.3 is 10.1 Å². The van der Waals surface area contributed by atoms with Gasteiger partial charge in [0.25, 0.3) is 5.91 Å². The highest BCUT2D eigenvalue weighted by Gasteiger charge is 2.16. The molecule has 0 aliphatic rings. The van der Waals surface area contributed by atoms with E-state index in [-0.39, 0.29) is 5.57 Å². The molecular weight excluding hydrogens is 376 g/mol. The van der Waals surface area contributed by atoms with Gasteiger partial charge in [0, 0.05) is 23.9 Å². The van der Waals surface area contributed by atoms with Crippen molar-refractivity contribution in [2.24, 2.45) is 0 Å². The van der Waals surface area contributed by atoms with Gasteiger partial charge in [-0.1, -0.05) is 18.2 Å². The van der Waals surface area contributed by atoms with E-state index in [1.54, 1.807) is 10.8 Å². The minimum atomic E-state index is -0.401. The molecule has 2 aromatic carbocycles. The molecule has 0 saturated carbocycles. The van der Waals surface area contributed by atoms with Crippen molar-refractivity contribution in [2.45, 2.75) is 20.8 Å². The number of hydrogen-bond donors (Lipinski definition) is 1. The number of carbonyl (C=O) groups is 1. The van der Waals surface area contributed by atoms with Gasteiger partial charge in [-0.2, -0.15) is 10.4 Å². The Hall–Kier alpha value is -3.85. The summed E-state index contributed by atoms with van der Waals surface area (Å²) < 4.78 is 7.34. The van der Waals surface area contributed by atoms with E-state index < -0.39 is 5.91 Å². The van der Waals surface area contributed by atoms with Gasteiger partial charge in [0.1, 0.15) is 23.1 Å². The number of benzene rings is 2. The molecule has 3 rings (SSSR count). The second-order valence-electron chi connectivity index (χ2n) is 6.65. The van der Waals surface area contributed by atoms with E-state index in [0.717, 1.165) is 22.6 Å². The zero-order chi connectivity index (χ0) is 21.5. The maximum Gasteiger partial charge on any atom is 0.261 e. The van der Waals surface area contributed by atoms with Crippen LogP contribution in [0.1, 0.15) is 25.0 Å². The Morgan fingerprint density at radius 3 is 2.63 bits per heavy atom. The van der Waals surface area contributed by atoms with Crippen molar-refractivity contribution >= 4 is 12.0 Å². The second-order valence-corrected chi connectivity index (χ2v) is 6.65. The zero-order valence-electron chi connectivity index (χ0n) is 17.3. The second kappa shape index (κ2) is 9.57. The van der Waals surface area contributed by atoms with E-state index in [1.807, 2.05) is 81.6 Å². The Labute approximate surface area is 176 Å². The molecule has 0 saturated heterocycles. The molecule has 0 atom stereocenters. The molecule has 30 heavy (non-hydrogen) atoms. The fourth-order valence-electron chi connectivity index (χ4n) is 3.13. The Morgan fingerprint density at radius 2 is 2.00 bits per heavy atom. The molecule has 0 radical (unpaired) electrons. The van der Waals surface area contributed by atoms with E-state index in [9.17, 15) is 10.1 Å². The van der Waals surface area contributed by atoms with E-state index in [2.05, 4.69) is 5.32 Å². The van der Waals surface area contributed by atoms with Crippen LogP contribution in [0.5, 0.6) is 5.75 Å². The predicted octanol–water partition coefficient (Wildman–Crippen LogP) is 4.29. The minimum absolute atomic E-state index is 0.0364. The summed E-state index contributed by atoms with van der Waals surface area (Å²) in [5.41, 5.74) is 4.20. The number of amides is 1. The smallest absolute Gasteiger partial charge is 0.261 e. The van der Waals surface area contributed by atoms with Crippen molar-refractivity contribution in [3.05, 3.63) is 71.4 Å². The number of carbonyl (C=O) groups excluding carboxylic acids is 1. The Bertz CT molecular complexity index is 1110. The summed E-state index contributed by atoms with van der Waals surface area (Å²) in [5.74, 6) is 0.389. The molecule has 0 aliphatic carbocycles. The van der Waals surface area contributed by atoms with Crippen LogP contribution < -0.4 is 10.1 Å². The number of aromatic nitrogens is 2. The zero-order valence-corrected chi connectivity index (χ0v) is 17.3. The van der Waals surface area contributed by atoms with Crippen LogP contribution in [0.4, 0.5) is 0 Å². The van der Waals surface area contributed by atoms with Crippen LogP contribution >= 0.6 is 0 Å². The summed E-state index contributed by atoms with van der Waals surface area (Å²) in [5, 5.41) is 16.9. The molecule has 3 aromatic rings. The number of nitrogens with zero attached hydrogens (tertiary/aromatic N) is 3. The van der Waals surface area contributed by atoms with Crippen LogP contribution in [-0.2, 0) is 4.79 Å². The molecule has 1 amide bonds. The lowest BCUT2D eigenvalue weighted by molar-refractivity contribution is -0.116. The quantitative estimate of drug-likeness (QED) is 0.474. The van der Waals surface area contributed by atoms with E-state index in [1.165, 1.54) is 0 Å². The molecule has 0 fully saturated rings. The van der Waals surface area contributed by atoms with Gasteiger partial charge >= 0.3 is 0 Å². The number of rotatable bonds is 7. The summed E-state index contributed by atoms with van der Waals surface area (Å²) in [6.07, 6.45) is 3.42. The Kier molecular flexibility index (Phi) is 6.66. The third kappa shape index (κ3) is 4.58. The average Bonchev–Trinajstić information content (AvgIpc) is 3.16. The van der Waals surface area contributed by atoms with Crippen LogP contribution in [0.15, 0.2) is 60.3 Å². The number of aryl methyl sites for hydroxylation is 1. The van der Waals surface area contributed by atoms with Gasteiger partial charge in [0.15, 0.2) is 0 Å². The molecule has 0 spiro atoms. The number of hydrogen-bond acceptors (Lipinski definition) is 4. The largest absolute Gasteiger partial charge is 0.494 e. The summed E-state index contributed by atoms with van der Waals surface area (Å²) in [7, 11) is 0. The highest BCUT2D eigenvalue weighted by atomic mass is 16.5. The third-order valence-corrected chi connectivity index (χ3v) is 4.53. The van der Waals surface area contributed by atoms with Crippen molar-refractivity contribution in [3.63, 3.8) is 0 Å². The van der Waals surface area contributed by atoms with Crippen LogP contribution in [0.2, 0.25) is 0 Å². The molecule has 1 N–H and O–H groups in total. The Morgan fingerprint density at radius 1 is 1.23 bits per heavy atom. The summed E-state index contributed by atoms with van der Waals surface area (Å²) in [4.78, 5) is 12.2. The van der Waals surface area contributed by atoms with Crippen molar-refractivity contribution < 1.29 is 9.53 Å². The number of ether oxygens (including phenoxy) is 1. The fraction of sp³-hybridized carbons (Fsp3) is 0.208. The first kappa shape index (κ1) is 20.9. The minimum Gasteiger partial charge on any atom is -0.494 e. The van der Waals surface area contributed by atoms with Gasteiger partial charge in [0.05, 0.1) is 12.3 Å². The lowest BCUT2D eigenvalue weighted by Gasteiger charge is -2.08. The fourth-order valence-corrected chi connectivity index (χ4v) is 3.13. The first-order valence-corrected chi connectivity index (χ1v) is 9.86. The summed E-state index contributed by atoms with van der Waals surface area (Å²) in [6.45, 7) is 6.79. The molecule has 1 aromatic heterocycles. The van der Waals surface area contributed by atoms with E-state index >= 15 is 0 Å². The van der Waals surface area contributed by atoms with Crippen molar-refractivity contribution in [3.8, 4) is 28.8 Å². The van der Waals surface area contributed by atoms with E-state index in [0.29, 0.717) is 24.4 Å². The van der Waals surface area contributed by atoms with Crippen LogP contribution in [0.25, 0.3) is 23.0 Å². The Balaban J connectivity index is 2.15. The monoisotopic (exact) mass is 400 g/mol. The van der Waals surface area contributed by atoms with Crippen LogP contribution in [0, 0.1) is 18.3 Å². The molecule has 0 unspecified atom stereocenters. The number of likely N-dealkylation sites (N-methyl/N-ethyl adjacent to an activating group) is 1. The molecule has 152 valence electrons. The van der Waals surface area contributed by atoms with Crippen molar-refractivity contribution in [2.75, 3.05) is 13.2 Å². The number of nitriles is 1. The standard InChI is InChI=1S/C24H24N4O2/c1-4-26-24(29)18(15-25)14-19-16-28(20-9-7-6-8-10-20)27-23(19)22-12-11-21(30-5-2)13-17(22)3/h6-14,16H,4-5H2,1-3H3,(H,26,29)/b18-14+. The molecule has 0 bridgehead atoms. The first-order valence-electron chi connectivity index (χ1n) is 9.86. The topological polar surface area (TPSA) is 79.9 Å². The average molecular weight is 400 g/mol. The highest BCUT2D eigenvalue weighted by molar-refractivity contribution is 6.02. The molecular formula is C24H24N4O2. The number of para-hydroxylation sites is 1. The van der Waals surface area contributed by atoms with Gasteiger partial charge in [0.2, 0.25) is 0 Å². The highest BCUT2D eigenvalue weighted by Crippen LogP contribution is 2.30. The van der Waals surface area contributed by atoms with Crippen LogP contribution in [-0.4, -0.2) is 28.8 Å². The lowest BCUT2D eigenvalue weighted by atomic mass is 10.0. The molecule has 1 heterocycles. The normalized spacial score (nSPS) is 11.1. The molecule has 6 heteroatoms. The molecule has 6 nitrogen and oxygen atoms in total. The summed E-state index contributed by atoms with van der Waals surface area (Å²) >= 11 is 0. The molecule has 0 aliphatic heterocycles. The van der Waals surface area contributed by atoms with E-state index in [4.69, 9.17) is 9.84 Å².